The number of pyridine rings is 1. The maximum Gasteiger partial charge on any atom is 0.213 e. The van der Waals surface area contributed by atoms with Crippen LogP contribution < -0.4 is 10.5 Å². The maximum absolute atomic E-state index is 6.40. The molecule has 8 nitrogen and oxygen atoms in total. The predicted molar refractivity (Wildman–Crippen MR) is 135 cm³/mol. The molecule has 1 atom stereocenters. The van der Waals surface area contributed by atoms with Gasteiger partial charge >= 0.3 is 0 Å². The minimum atomic E-state index is -1.02. The van der Waals surface area contributed by atoms with Crippen molar-refractivity contribution in [1.82, 2.24) is 24.9 Å². The van der Waals surface area contributed by atoms with Gasteiger partial charge in [0.25, 0.3) is 0 Å². The molecule has 1 aliphatic heterocycles. The first-order valence-electron chi connectivity index (χ1n) is 11.4. The van der Waals surface area contributed by atoms with Gasteiger partial charge in [0.15, 0.2) is 5.54 Å². The zero-order valence-corrected chi connectivity index (χ0v) is 19.2. The average molecular weight is 472 g/mol. The van der Waals surface area contributed by atoms with Gasteiger partial charge in [0, 0.05) is 42.6 Å². The van der Waals surface area contributed by atoms with E-state index in [0.29, 0.717) is 29.7 Å². The minimum Gasteiger partial charge on any atom is -0.473 e. The number of amidine groups is 1. The largest absolute Gasteiger partial charge is 0.473 e. The first-order chi connectivity index (χ1) is 17.7. The molecule has 36 heavy (non-hydrogen) atoms. The van der Waals surface area contributed by atoms with Gasteiger partial charge in [-0.2, -0.15) is 0 Å². The fourth-order valence-electron chi connectivity index (χ4n) is 4.46. The van der Waals surface area contributed by atoms with Crippen LogP contribution in [0, 0.1) is 0 Å². The van der Waals surface area contributed by atoms with Crippen LogP contribution in [-0.2, 0) is 12.1 Å². The standard InChI is InChI=1S/C28H21N7O/c29-27-25-26(34-12-11-33-25)28(35-27,22-8-4-7-20(13-22)21-15-30-18-31-16-21)23-9-10-32-24(14-23)36-17-19-5-2-1-3-6-19/h1-16,18H,17H2,(H2,29,35). The molecule has 6 rings (SSSR count). The number of rotatable bonds is 6. The van der Waals surface area contributed by atoms with Crippen LogP contribution in [0.5, 0.6) is 5.88 Å². The number of hydrogen-bond donors (Lipinski definition) is 1. The van der Waals surface area contributed by atoms with Gasteiger partial charge in [-0.25, -0.2) is 24.9 Å². The van der Waals surface area contributed by atoms with Crippen LogP contribution in [0.15, 0.2) is 109 Å². The molecular formula is C28H21N7O. The maximum atomic E-state index is 6.40. The Kier molecular flexibility index (Phi) is 5.38. The lowest BCUT2D eigenvalue weighted by Gasteiger charge is -2.28. The second-order valence-corrected chi connectivity index (χ2v) is 8.33. The summed E-state index contributed by atoms with van der Waals surface area (Å²) in [5, 5.41) is 0. The second kappa shape index (κ2) is 8.99. The van der Waals surface area contributed by atoms with Gasteiger partial charge in [-0.15, -0.1) is 0 Å². The summed E-state index contributed by atoms with van der Waals surface area (Å²) in [6.45, 7) is 0.398. The number of fused-ring (bicyclic) bond motifs is 1. The summed E-state index contributed by atoms with van der Waals surface area (Å²) in [5.74, 6) is 0.810. The number of hydrogen-bond acceptors (Lipinski definition) is 8. The van der Waals surface area contributed by atoms with E-state index in [2.05, 4.69) is 26.0 Å². The van der Waals surface area contributed by atoms with Crippen LogP contribution in [0.2, 0.25) is 0 Å². The molecule has 0 saturated heterocycles. The van der Waals surface area contributed by atoms with E-state index in [1.54, 1.807) is 31.0 Å². The molecule has 5 aromatic rings. The Hall–Kier alpha value is -4.98. The molecule has 0 fully saturated rings. The third-order valence-electron chi connectivity index (χ3n) is 6.13. The van der Waals surface area contributed by atoms with Crippen LogP contribution in [0.4, 0.5) is 0 Å². The third kappa shape index (κ3) is 3.74. The molecule has 0 radical (unpaired) electrons. The van der Waals surface area contributed by atoms with Crippen molar-refractivity contribution < 1.29 is 4.74 Å². The summed E-state index contributed by atoms with van der Waals surface area (Å²) >= 11 is 0. The minimum absolute atomic E-state index is 0.329. The highest BCUT2D eigenvalue weighted by atomic mass is 16.5. The first kappa shape index (κ1) is 21.5. The van der Waals surface area contributed by atoms with Crippen molar-refractivity contribution in [2.45, 2.75) is 12.1 Å². The van der Waals surface area contributed by atoms with E-state index < -0.39 is 5.54 Å². The van der Waals surface area contributed by atoms with E-state index in [0.717, 1.165) is 27.8 Å². The molecule has 1 unspecified atom stereocenters. The molecular weight excluding hydrogens is 450 g/mol. The van der Waals surface area contributed by atoms with Crippen molar-refractivity contribution in [2.75, 3.05) is 0 Å². The molecule has 0 bridgehead atoms. The number of ether oxygens (including phenoxy) is 1. The van der Waals surface area contributed by atoms with Gasteiger partial charge in [0.05, 0.1) is 0 Å². The van der Waals surface area contributed by atoms with E-state index in [4.69, 9.17) is 20.4 Å². The number of nitrogens with two attached hydrogens (primary N) is 1. The van der Waals surface area contributed by atoms with Gasteiger partial charge in [-0.3, -0.25) is 4.98 Å². The topological polar surface area (TPSA) is 112 Å². The molecule has 2 N–H and O–H groups in total. The highest BCUT2D eigenvalue weighted by molar-refractivity contribution is 6.01. The summed E-state index contributed by atoms with van der Waals surface area (Å²) in [6.07, 6.45) is 10.1. The molecule has 8 heteroatoms. The van der Waals surface area contributed by atoms with Gasteiger partial charge in [-0.1, -0.05) is 48.5 Å². The van der Waals surface area contributed by atoms with E-state index in [-0.39, 0.29) is 0 Å². The van der Waals surface area contributed by atoms with Gasteiger partial charge in [-0.05, 0) is 34.4 Å². The summed E-state index contributed by atoms with van der Waals surface area (Å²) in [6, 6.07) is 21.8. The second-order valence-electron chi connectivity index (χ2n) is 8.33. The quantitative estimate of drug-likeness (QED) is 0.399. The van der Waals surface area contributed by atoms with Crippen LogP contribution in [0.3, 0.4) is 0 Å². The van der Waals surface area contributed by atoms with Gasteiger partial charge in [0.2, 0.25) is 5.88 Å². The van der Waals surface area contributed by atoms with Crippen molar-refractivity contribution in [2.24, 2.45) is 10.7 Å². The van der Waals surface area contributed by atoms with Gasteiger partial charge in [0.1, 0.15) is 30.2 Å². The zero-order valence-electron chi connectivity index (χ0n) is 19.2. The normalized spacial score (nSPS) is 16.3. The monoisotopic (exact) mass is 471 g/mol. The van der Waals surface area contributed by atoms with Crippen molar-refractivity contribution in [3.05, 3.63) is 132 Å². The van der Waals surface area contributed by atoms with Crippen molar-refractivity contribution in [3.8, 4) is 17.0 Å². The van der Waals surface area contributed by atoms with E-state index in [1.807, 2.05) is 60.7 Å². The van der Waals surface area contributed by atoms with Crippen molar-refractivity contribution in [3.63, 3.8) is 0 Å². The Morgan fingerprint density at radius 3 is 2.42 bits per heavy atom. The lowest BCUT2D eigenvalue weighted by molar-refractivity contribution is 0.293. The van der Waals surface area contributed by atoms with Crippen LogP contribution in [0.1, 0.15) is 28.1 Å². The van der Waals surface area contributed by atoms with E-state index in [1.165, 1.54) is 6.33 Å². The number of nitrogens with zero attached hydrogens (tertiary/aromatic N) is 6. The Bertz CT molecular complexity index is 1560. The van der Waals surface area contributed by atoms with Crippen LogP contribution >= 0.6 is 0 Å². The summed E-state index contributed by atoms with van der Waals surface area (Å²) in [7, 11) is 0. The Morgan fingerprint density at radius 1 is 0.750 bits per heavy atom. The molecule has 0 amide bonds. The summed E-state index contributed by atoms with van der Waals surface area (Å²) < 4.78 is 6.04. The molecule has 0 spiro atoms. The molecule has 3 aromatic heterocycles. The van der Waals surface area contributed by atoms with Crippen molar-refractivity contribution in [1.29, 1.82) is 0 Å². The molecule has 0 aliphatic carbocycles. The Morgan fingerprint density at radius 2 is 1.56 bits per heavy atom. The molecule has 174 valence electrons. The lowest BCUT2D eigenvalue weighted by atomic mass is 9.80. The summed E-state index contributed by atoms with van der Waals surface area (Å²) in [5.41, 5.74) is 11.2. The average Bonchev–Trinajstić information content (AvgIpc) is 3.26. The van der Waals surface area contributed by atoms with Crippen LogP contribution in [0.25, 0.3) is 11.1 Å². The first-order valence-corrected chi connectivity index (χ1v) is 11.4. The van der Waals surface area contributed by atoms with Crippen molar-refractivity contribution >= 4 is 5.84 Å². The summed E-state index contributed by atoms with van der Waals surface area (Å²) in [4.78, 5) is 26.9. The highest BCUT2D eigenvalue weighted by Gasteiger charge is 2.45. The smallest absolute Gasteiger partial charge is 0.213 e. The Balaban J connectivity index is 1.49. The molecule has 2 aromatic carbocycles. The highest BCUT2D eigenvalue weighted by Crippen LogP contribution is 2.45. The predicted octanol–water partition coefficient (Wildman–Crippen LogP) is 3.92. The molecule has 0 saturated carbocycles. The lowest BCUT2D eigenvalue weighted by Crippen LogP contribution is -2.27. The zero-order chi connectivity index (χ0) is 24.4. The molecule has 4 heterocycles. The number of aliphatic imine (C=N–C) groups is 1. The number of benzene rings is 2. The van der Waals surface area contributed by atoms with Crippen LogP contribution in [-0.4, -0.2) is 30.8 Å². The molecule has 1 aliphatic rings. The Labute approximate surface area is 207 Å². The number of aromatic nitrogens is 5. The van der Waals surface area contributed by atoms with E-state index in [9.17, 15) is 0 Å². The van der Waals surface area contributed by atoms with E-state index >= 15 is 0 Å². The van der Waals surface area contributed by atoms with Gasteiger partial charge < -0.3 is 10.5 Å². The fourth-order valence-corrected chi connectivity index (χ4v) is 4.46. The third-order valence-corrected chi connectivity index (χ3v) is 6.13. The SMILES string of the molecule is NC1=NC(c2cccc(-c3cncnc3)c2)(c2ccnc(OCc3ccccc3)c2)c2nccnc21. The fraction of sp³-hybridized carbons (Fsp3) is 0.0714.